The number of hydrogen-bond acceptors (Lipinski definition) is 4. The highest BCUT2D eigenvalue weighted by atomic mass is 32.1. The molecule has 102 valence electrons. The van der Waals surface area contributed by atoms with Crippen LogP contribution < -0.4 is 0 Å². The first-order chi connectivity index (χ1) is 8.97. The van der Waals surface area contributed by atoms with Gasteiger partial charge in [-0.3, -0.25) is 0 Å². The van der Waals surface area contributed by atoms with E-state index in [1.807, 2.05) is 4.57 Å². The molecule has 1 aliphatic carbocycles. The Morgan fingerprint density at radius 3 is 2.68 bits per heavy atom. The zero-order valence-corrected chi connectivity index (χ0v) is 10.4. The molecular weight excluding hydrogens is 279 g/mol. The number of aliphatic hydroxyl groups excluding tert-OH is 1. The van der Waals surface area contributed by atoms with Crippen LogP contribution in [0.5, 0.6) is 0 Å². The third-order valence-corrected chi connectivity index (χ3v) is 4.05. The van der Waals surface area contributed by atoms with Crippen molar-refractivity contribution in [1.29, 1.82) is 0 Å². The molecule has 1 atom stereocenters. The standard InChI is InChI=1S/C11H10F3N3OS/c12-11(13,14)10-16-4-8(19-10)9(18)7-3-15-5-17(7)6-1-2-6/h3-6,9,18H,1-2H2. The van der Waals surface area contributed by atoms with E-state index in [0.29, 0.717) is 23.1 Å². The zero-order chi connectivity index (χ0) is 13.6. The highest BCUT2D eigenvalue weighted by Gasteiger charge is 2.36. The summed E-state index contributed by atoms with van der Waals surface area (Å²) < 4.78 is 39.2. The molecule has 2 aromatic rings. The van der Waals surface area contributed by atoms with E-state index >= 15 is 0 Å². The summed E-state index contributed by atoms with van der Waals surface area (Å²) >= 11 is 0.460. The zero-order valence-electron chi connectivity index (χ0n) is 9.63. The van der Waals surface area contributed by atoms with Gasteiger partial charge in [0.1, 0.15) is 6.10 Å². The van der Waals surface area contributed by atoms with Gasteiger partial charge >= 0.3 is 6.18 Å². The smallest absolute Gasteiger partial charge is 0.381 e. The van der Waals surface area contributed by atoms with Crippen molar-refractivity contribution in [3.63, 3.8) is 0 Å². The van der Waals surface area contributed by atoms with Gasteiger partial charge in [0.05, 0.1) is 23.1 Å². The van der Waals surface area contributed by atoms with E-state index in [9.17, 15) is 18.3 Å². The Morgan fingerprint density at radius 2 is 2.11 bits per heavy atom. The van der Waals surface area contributed by atoms with Crippen LogP contribution in [0, 0.1) is 0 Å². The molecule has 0 aromatic carbocycles. The minimum atomic E-state index is -4.47. The van der Waals surface area contributed by atoms with Crippen LogP contribution in [0.25, 0.3) is 0 Å². The molecule has 19 heavy (non-hydrogen) atoms. The number of hydrogen-bond donors (Lipinski definition) is 1. The lowest BCUT2D eigenvalue weighted by atomic mass is 10.2. The number of aromatic nitrogens is 3. The van der Waals surface area contributed by atoms with E-state index in [-0.39, 0.29) is 4.88 Å². The Labute approximate surface area is 110 Å². The van der Waals surface area contributed by atoms with Crippen molar-refractivity contribution in [2.75, 3.05) is 0 Å². The van der Waals surface area contributed by atoms with E-state index < -0.39 is 17.3 Å². The summed E-state index contributed by atoms with van der Waals surface area (Å²) in [5, 5.41) is 9.21. The van der Waals surface area contributed by atoms with Crippen molar-refractivity contribution < 1.29 is 18.3 Å². The number of rotatable bonds is 3. The fourth-order valence-electron chi connectivity index (χ4n) is 1.87. The molecule has 1 fully saturated rings. The van der Waals surface area contributed by atoms with E-state index in [2.05, 4.69) is 9.97 Å². The number of halogens is 3. The van der Waals surface area contributed by atoms with Gasteiger partial charge in [0.2, 0.25) is 0 Å². The van der Waals surface area contributed by atoms with Crippen LogP contribution in [0.4, 0.5) is 13.2 Å². The summed E-state index contributed by atoms with van der Waals surface area (Å²) in [5.41, 5.74) is 0.514. The lowest BCUT2D eigenvalue weighted by Gasteiger charge is -2.11. The van der Waals surface area contributed by atoms with Crippen LogP contribution in [0.1, 0.15) is 40.6 Å². The maximum Gasteiger partial charge on any atom is 0.443 e. The predicted octanol–water partition coefficient (Wildman–Crippen LogP) is 2.78. The van der Waals surface area contributed by atoms with Crippen molar-refractivity contribution in [2.45, 2.75) is 31.2 Å². The van der Waals surface area contributed by atoms with Gasteiger partial charge < -0.3 is 9.67 Å². The van der Waals surface area contributed by atoms with E-state index in [1.54, 1.807) is 6.33 Å². The second-order valence-electron chi connectivity index (χ2n) is 4.43. The van der Waals surface area contributed by atoms with E-state index in [4.69, 9.17) is 0 Å². The molecule has 0 bridgehead atoms. The van der Waals surface area contributed by atoms with Gasteiger partial charge in [-0.2, -0.15) is 13.2 Å². The monoisotopic (exact) mass is 289 g/mol. The summed E-state index contributed by atoms with van der Waals surface area (Å²) in [6.07, 6.45) is 0.579. The van der Waals surface area contributed by atoms with Crippen molar-refractivity contribution >= 4 is 11.3 Å². The number of nitrogens with zero attached hydrogens (tertiary/aromatic N) is 3. The Hall–Kier alpha value is -1.41. The largest absolute Gasteiger partial charge is 0.443 e. The fraction of sp³-hybridized carbons (Fsp3) is 0.455. The first-order valence-corrected chi connectivity index (χ1v) is 6.51. The van der Waals surface area contributed by atoms with E-state index in [0.717, 1.165) is 19.0 Å². The van der Waals surface area contributed by atoms with Gasteiger partial charge in [0.15, 0.2) is 5.01 Å². The second kappa shape index (κ2) is 4.31. The van der Waals surface area contributed by atoms with Crippen molar-refractivity contribution in [3.8, 4) is 0 Å². The van der Waals surface area contributed by atoms with Gasteiger partial charge in [0.25, 0.3) is 0 Å². The molecular formula is C11H10F3N3OS. The van der Waals surface area contributed by atoms with Gasteiger partial charge in [-0.25, -0.2) is 9.97 Å². The highest BCUT2D eigenvalue weighted by Crippen LogP contribution is 2.40. The summed E-state index contributed by atoms with van der Waals surface area (Å²) in [6.45, 7) is 0. The number of alkyl halides is 3. The number of imidazole rings is 1. The van der Waals surface area contributed by atoms with Gasteiger partial charge in [-0.1, -0.05) is 0 Å². The topological polar surface area (TPSA) is 50.9 Å². The molecule has 1 aliphatic rings. The van der Waals surface area contributed by atoms with Gasteiger partial charge in [-0.05, 0) is 12.8 Å². The summed E-state index contributed by atoms with van der Waals surface area (Å²) in [7, 11) is 0. The van der Waals surface area contributed by atoms with Crippen molar-refractivity contribution in [1.82, 2.24) is 14.5 Å². The average molecular weight is 289 g/mol. The fourth-order valence-corrected chi connectivity index (χ4v) is 2.66. The molecule has 2 heterocycles. The molecule has 0 saturated heterocycles. The molecule has 2 aromatic heterocycles. The summed E-state index contributed by atoms with van der Waals surface area (Å²) in [4.78, 5) is 7.44. The normalized spacial score (nSPS) is 17.7. The van der Waals surface area contributed by atoms with Gasteiger partial charge in [-0.15, -0.1) is 11.3 Å². The number of thiazole rings is 1. The maximum absolute atomic E-state index is 12.5. The summed E-state index contributed by atoms with van der Waals surface area (Å²) in [5.74, 6) is 0. The van der Waals surface area contributed by atoms with Crippen LogP contribution in [0.2, 0.25) is 0 Å². The SMILES string of the molecule is OC(c1cnc(C(F)(F)F)s1)c1cncn1C1CC1. The van der Waals surface area contributed by atoms with Crippen molar-refractivity contribution in [3.05, 3.63) is 34.3 Å². The molecule has 1 N–H and O–H groups in total. The Bertz CT molecular complexity index is 588. The minimum absolute atomic E-state index is 0.176. The maximum atomic E-state index is 12.5. The van der Waals surface area contributed by atoms with E-state index in [1.165, 1.54) is 6.20 Å². The highest BCUT2D eigenvalue weighted by molar-refractivity contribution is 7.11. The average Bonchev–Trinajstić information content (AvgIpc) is 2.91. The molecule has 4 nitrogen and oxygen atoms in total. The third kappa shape index (κ3) is 2.37. The Morgan fingerprint density at radius 1 is 1.37 bits per heavy atom. The van der Waals surface area contributed by atoms with Gasteiger partial charge in [0, 0.05) is 12.2 Å². The molecule has 0 aliphatic heterocycles. The van der Waals surface area contributed by atoms with Crippen LogP contribution in [0.3, 0.4) is 0 Å². The summed E-state index contributed by atoms with van der Waals surface area (Å²) in [6, 6.07) is 0.308. The first kappa shape index (κ1) is 12.6. The minimum Gasteiger partial charge on any atom is -0.381 e. The Kier molecular flexibility index (Phi) is 2.86. The number of aliphatic hydroxyl groups is 1. The predicted molar refractivity (Wildman–Crippen MR) is 61.7 cm³/mol. The molecule has 0 amide bonds. The van der Waals surface area contributed by atoms with Crippen LogP contribution in [-0.2, 0) is 6.18 Å². The second-order valence-corrected chi connectivity index (χ2v) is 5.49. The molecule has 3 rings (SSSR count). The lowest BCUT2D eigenvalue weighted by molar-refractivity contribution is -0.137. The molecule has 1 saturated carbocycles. The van der Waals surface area contributed by atoms with Crippen LogP contribution >= 0.6 is 11.3 Å². The third-order valence-electron chi connectivity index (χ3n) is 2.95. The quantitative estimate of drug-likeness (QED) is 0.945. The first-order valence-electron chi connectivity index (χ1n) is 5.69. The molecule has 0 spiro atoms. The molecule has 1 unspecified atom stereocenters. The Balaban J connectivity index is 1.89. The molecule has 8 heteroatoms. The van der Waals surface area contributed by atoms with Crippen molar-refractivity contribution in [2.24, 2.45) is 0 Å². The van der Waals surface area contributed by atoms with Crippen LogP contribution in [0.15, 0.2) is 18.7 Å². The lowest BCUT2D eigenvalue weighted by Crippen LogP contribution is -2.05. The molecule has 0 radical (unpaired) electrons. The van der Waals surface area contributed by atoms with Crippen LogP contribution in [-0.4, -0.2) is 19.6 Å².